The van der Waals surface area contributed by atoms with E-state index in [1.54, 1.807) is 30.2 Å². The van der Waals surface area contributed by atoms with E-state index in [1.807, 2.05) is 0 Å². The molecule has 1 aliphatic heterocycles. The second kappa shape index (κ2) is 14.1. The molecule has 2 aromatic heterocycles. The number of likely N-dealkylation sites (tertiary alicyclic amines) is 1. The molecule has 0 unspecified atom stereocenters. The van der Waals surface area contributed by atoms with E-state index in [0.29, 0.717) is 49.0 Å². The molecule has 228 valence electrons. The summed E-state index contributed by atoms with van der Waals surface area (Å²) >= 11 is 0. The number of nitrogen functional groups attached to an aromatic ring is 1. The predicted molar refractivity (Wildman–Crippen MR) is 154 cm³/mol. The van der Waals surface area contributed by atoms with Gasteiger partial charge in [-0.25, -0.2) is 9.97 Å². The third-order valence-corrected chi connectivity index (χ3v) is 6.86. The molecule has 5 N–H and O–H groups in total. The zero-order valence-electron chi connectivity index (χ0n) is 23.4. The number of nitrogens with zero attached hydrogens (tertiary/aromatic N) is 3. The van der Waals surface area contributed by atoms with E-state index in [9.17, 15) is 22.8 Å². The Hall–Kier alpha value is -4.56. The predicted octanol–water partition coefficient (Wildman–Crippen LogP) is 4.34. The molecule has 0 bridgehead atoms. The van der Waals surface area contributed by atoms with Crippen molar-refractivity contribution >= 4 is 40.5 Å². The van der Waals surface area contributed by atoms with Crippen LogP contribution in [0.15, 0.2) is 54.9 Å². The highest BCUT2D eigenvalue weighted by atomic mass is 19.4. The minimum absolute atomic E-state index is 0.0527. The molecule has 14 heteroatoms. The average molecular weight is 600 g/mol. The fourth-order valence-corrected chi connectivity index (χ4v) is 4.60. The van der Waals surface area contributed by atoms with Gasteiger partial charge in [0.25, 0.3) is 5.91 Å². The molecule has 0 aliphatic carbocycles. The van der Waals surface area contributed by atoms with Crippen molar-refractivity contribution < 1.29 is 32.2 Å². The Kier molecular flexibility index (Phi) is 10.3. The molecule has 3 aromatic rings. The van der Waals surface area contributed by atoms with E-state index in [1.165, 1.54) is 18.3 Å². The smallest absolute Gasteiger partial charge is 0.382 e. The third kappa shape index (κ3) is 8.26. The largest absolute Gasteiger partial charge is 0.416 e. The lowest BCUT2D eigenvalue weighted by Crippen LogP contribution is -2.44. The maximum atomic E-state index is 13.0. The van der Waals surface area contributed by atoms with Crippen LogP contribution in [0.2, 0.25) is 0 Å². The van der Waals surface area contributed by atoms with Crippen LogP contribution >= 0.6 is 0 Å². The van der Waals surface area contributed by atoms with Crippen molar-refractivity contribution in [1.29, 1.82) is 5.41 Å². The van der Waals surface area contributed by atoms with Crippen molar-refractivity contribution in [3.05, 3.63) is 71.5 Å². The first-order chi connectivity index (χ1) is 20.6. The number of nitrogens with two attached hydrogens (primary N) is 1. The summed E-state index contributed by atoms with van der Waals surface area (Å²) in [6.45, 7) is 1.62. The highest BCUT2D eigenvalue weighted by Crippen LogP contribution is 2.31. The molecule has 1 aliphatic rings. The molecule has 0 spiro atoms. The summed E-state index contributed by atoms with van der Waals surface area (Å²) in [6, 6.07) is 9.42. The lowest BCUT2D eigenvalue weighted by atomic mass is 9.88. The van der Waals surface area contributed by atoms with Gasteiger partial charge in [0.2, 0.25) is 5.91 Å². The standard InChI is InChI=1S/C29H32F3N7O4/c1-42-13-14-43-17-24(40)39-12-2-3-19(16-39)25(33)22-9-11-36-27(34)26(22)37-21-6-4-18(5-7-21)28(41)38-23-15-20(8-10-35-23)29(30,31)32/h4-11,15,19,33,37H,2-3,12-14,16-17H2,1H3,(H2,34,36)(H,35,38,41)/t19-/m1/s1. The van der Waals surface area contributed by atoms with Crippen LogP contribution in [0.3, 0.4) is 0 Å². The first-order valence-electron chi connectivity index (χ1n) is 13.5. The number of anilines is 4. The van der Waals surface area contributed by atoms with Crippen LogP contribution in [0.1, 0.15) is 34.3 Å². The number of methoxy groups -OCH3 is 1. The van der Waals surface area contributed by atoms with Gasteiger partial charge >= 0.3 is 6.18 Å². The van der Waals surface area contributed by atoms with Gasteiger partial charge in [-0.2, -0.15) is 13.2 Å². The molecule has 1 aromatic carbocycles. The first kappa shape index (κ1) is 31.4. The number of benzene rings is 1. The van der Waals surface area contributed by atoms with Crippen LogP contribution in [-0.4, -0.2) is 72.4 Å². The minimum atomic E-state index is -4.56. The number of rotatable bonds is 11. The van der Waals surface area contributed by atoms with Crippen molar-refractivity contribution in [2.75, 3.05) is 56.4 Å². The number of alkyl halides is 3. The fraction of sp³-hybridized carbons (Fsp3) is 0.345. The third-order valence-electron chi connectivity index (χ3n) is 6.86. The monoisotopic (exact) mass is 599 g/mol. The Bertz CT molecular complexity index is 1450. The summed E-state index contributed by atoms with van der Waals surface area (Å²) in [7, 11) is 1.56. The summed E-state index contributed by atoms with van der Waals surface area (Å²) in [4.78, 5) is 34.9. The number of carbonyl (C=O) groups excluding carboxylic acids is 2. The average Bonchev–Trinajstić information content (AvgIpc) is 3.00. The normalized spacial score (nSPS) is 15.2. The molecule has 3 heterocycles. The van der Waals surface area contributed by atoms with E-state index < -0.39 is 17.6 Å². The lowest BCUT2D eigenvalue weighted by molar-refractivity contribution is -0.138. The number of amides is 2. The zero-order chi connectivity index (χ0) is 31.0. The number of piperidine rings is 1. The molecule has 4 rings (SSSR count). The van der Waals surface area contributed by atoms with Crippen LogP contribution < -0.4 is 16.4 Å². The summed E-state index contributed by atoms with van der Waals surface area (Å²) in [6.07, 6.45) is -0.624. The molecule has 1 fully saturated rings. The topological polar surface area (TPSA) is 156 Å². The Morgan fingerprint density at radius 3 is 2.58 bits per heavy atom. The number of aromatic nitrogens is 2. The lowest BCUT2D eigenvalue weighted by Gasteiger charge is -2.33. The first-order valence-corrected chi connectivity index (χ1v) is 13.5. The molecule has 11 nitrogen and oxygen atoms in total. The second-order valence-electron chi connectivity index (χ2n) is 9.84. The van der Waals surface area contributed by atoms with Gasteiger partial charge in [0.1, 0.15) is 18.2 Å². The number of pyridine rings is 2. The van der Waals surface area contributed by atoms with Gasteiger partial charge in [0.15, 0.2) is 0 Å². The van der Waals surface area contributed by atoms with Gasteiger partial charge in [-0.1, -0.05) is 0 Å². The maximum absolute atomic E-state index is 13.0. The quantitative estimate of drug-likeness (QED) is 0.187. The van der Waals surface area contributed by atoms with Crippen molar-refractivity contribution in [3.8, 4) is 0 Å². The Morgan fingerprint density at radius 2 is 1.86 bits per heavy atom. The van der Waals surface area contributed by atoms with Crippen LogP contribution in [-0.2, 0) is 20.4 Å². The van der Waals surface area contributed by atoms with Gasteiger partial charge in [0, 0.05) is 61.0 Å². The van der Waals surface area contributed by atoms with Gasteiger partial charge in [-0.05, 0) is 55.3 Å². The van der Waals surface area contributed by atoms with Crippen molar-refractivity contribution in [3.63, 3.8) is 0 Å². The molecular formula is C29H32F3N7O4. The zero-order valence-corrected chi connectivity index (χ0v) is 23.4. The summed E-state index contributed by atoms with van der Waals surface area (Å²) < 4.78 is 49.2. The number of hydrogen-bond donors (Lipinski definition) is 4. The van der Waals surface area contributed by atoms with Crippen molar-refractivity contribution in [2.24, 2.45) is 5.92 Å². The Balaban J connectivity index is 1.43. The second-order valence-corrected chi connectivity index (χ2v) is 9.84. The molecule has 2 amide bonds. The number of ether oxygens (including phenoxy) is 2. The molecule has 1 atom stereocenters. The van der Waals surface area contributed by atoms with Gasteiger partial charge in [-0.3, -0.25) is 9.59 Å². The van der Waals surface area contributed by atoms with E-state index in [4.69, 9.17) is 20.6 Å². The van der Waals surface area contributed by atoms with Crippen LogP contribution in [0.25, 0.3) is 0 Å². The number of carbonyl (C=O) groups is 2. The highest BCUT2D eigenvalue weighted by Gasteiger charge is 2.31. The number of nitrogens with one attached hydrogen (secondary N) is 3. The minimum Gasteiger partial charge on any atom is -0.382 e. The molecule has 1 saturated heterocycles. The van der Waals surface area contributed by atoms with E-state index in [0.717, 1.165) is 31.2 Å². The van der Waals surface area contributed by atoms with Gasteiger partial charge < -0.3 is 36.2 Å². The van der Waals surface area contributed by atoms with Crippen molar-refractivity contribution in [1.82, 2.24) is 14.9 Å². The van der Waals surface area contributed by atoms with E-state index >= 15 is 0 Å². The Labute approximate surface area is 246 Å². The van der Waals surface area contributed by atoms with Crippen LogP contribution in [0.5, 0.6) is 0 Å². The highest BCUT2D eigenvalue weighted by molar-refractivity contribution is 6.07. The van der Waals surface area contributed by atoms with Crippen LogP contribution in [0.4, 0.5) is 36.2 Å². The Morgan fingerprint density at radius 1 is 1.12 bits per heavy atom. The molecular weight excluding hydrogens is 567 g/mol. The number of hydrogen-bond acceptors (Lipinski definition) is 9. The van der Waals surface area contributed by atoms with Crippen molar-refractivity contribution in [2.45, 2.75) is 19.0 Å². The molecule has 43 heavy (non-hydrogen) atoms. The maximum Gasteiger partial charge on any atom is 0.416 e. The summed E-state index contributed by atoms with van der Waals surface area (Å²) in [5.74, 6) is -1.07. The molecule has 0 radical (unpaired) electrons. The van der Waals surface area contributed by atoms with E-state index in [-0.39, 0.29) is 35.6 Å². The van der Waals surface area contributed by atoms with Gasteiger partial charge in [0.05, 0.1) is 24.5 Å². The SMILES string of the molecule is COCCOCC(=O)N1CCC[C@@H](C(=N)c2ccnc(N)c2Nc2ccc(C(=O)Nc3cc(C(F)(F)F)ccn3)cc2)C1. The summed E-state index contributed by atoms with van der Waals surface area (Å²) in [5.41, 5.74) is 7.23. The van der Waals surface area contributed by atoms with E-state index in [2.05, 4.69) is 20.6 Å². The van der Waals surface area contributed by atoms with Gasteiger partial charge in [-0.15, -0.1) is 0 Å². The fourth-order valence-electron chi connectivity index (χ4n) is 4.60. The molecule has 0 saturated carbocycles. The number of halogens is 3. The summed E-state index contributed by atoms with van der Waals surface area (Å²) in [5, 5.41) is 14.5. The van der Waals surface area contributed by atoms with Crippen LogP contribution in [0, 0.1) is 11.3 Å².